The van der Waals surface area contributed by atoms with Gasteiger partial charge in [-0.15, -0.1) is 13.2 Å². The topological polar surface area (TPSA) is 55.4 Å². The van der Waals surface area contributed by atoms with Crippen LogP contribution in [0.15, 0.2) is 37.0 Å². The maximum absolute atomic E-state index is 6.07. The summed E-state index contributed by atoms with van der Waals surface area (Å²) < 4.78 is 34.6. The summed E-state index contributed by atoms with van der Waals surface area (Å²) in [6.07, 6.45) is 13.6. The third-order valence-corrected chi connectivity index (χ3v) is 6.60. The second-order valence-electron chi connectivity index (χ2n) is 9.39. The number of hydrogen-bond donors (Lipinski definition) is 0. The zero-order chi connectivity index (χ0) is 22.9. The molecular formula is C26H42O6. The summed E-state index contributed by atoms with van der Waals surface area (Å²) in [6, 6.07) is 0. The highest BCUT2D eigenvalue weighted by molar-refractivity contribution is 5.07. The lowest BCUT2D eigenvalue weighted by Gasteiger charge is -2.37. The maximum Gasteiger partial charge on any atom is 0.172 e. The van der Waals surface area contributed by atoms with Gasteiger partial charge in [-0.25, -0.2) is 0 Å². The first-order chi connectivity index (χ1) is 15.5. The van der Waals surface area contributed by atoms with Crippen molar-refractivity contribution < 1.29 is 28.4 Å². The molecule has 32 heavy (non-hydrogen) atoms. The third-order valence-electron chi connectivity index (χ3n) is 6.60. The predicted octanol–water partition coefficient (Wildman–Crippen LogP) is 4.94. The van der Waals surface area contributed by atoms with Crippen molar-refractivity contribution in [3.63, 3.8) is 0 Å². The highest BCUT2D eigenvalue weighted by atomic mass is 16.8. The van der Waals surface area contributed by atoms with E-state index in [0.717, 1.165) is 25.7 Å². The van der Waals surface area contributed by atoms with Gasteiger partial charge in [-0.3, -0.25) is 0 Å². The quantitative estimate of drug-likeness (QED) is 0.386. The summed E-state index contributed by atoms with van der Waals surface area (Å²) >= 11 is 0. The Hall–Kier alpha value is -1.02. The summed E-state index contributed by atoms with van der Waals surface area (Å²) in [4.78, 5) is 0. The van der Waals surface area contributed by atoms with Gasteiger partial charge >= 0.3 is 0 Å². The van der Waals surface area contributed by atoms with E-state index in [1.165, 1.54) is 24.8 Å². The molecule has 2 aliphatic heterocycles. The standard InChI is InChI=1S/C13H22O3.C13H20O3/c1-3-8-14-9-12-10-15-13(16-12)7-5-4-6-11(13)2;1-3-7-14-9-12-10-15-13(16-12)6-4-5-11(2)8-13/h3,11-12H,1,4-10H2,2H3;3,5,12H,1,4,6-10H2,2H3. The Bertz CT molecular complexity index is 634. The highest BCUT2D eigenvalue weighted by Gasteiger charge is 2.47. The fraction of sp³-hybridized carbons (Fsp3) is 0.769. The molecule has 2 saturated heterocycles. The van der Waals surface area contributed by atoms with E-state index in [2.05, 4.69) is 33.1 Å². The average Bonchev–Trinajstić information content (AvgIpc) is 3.36. The summed E-state index contributed by atoms with van der Waals surface area (Å²) in [6.45, 7) is 15.3. The molecule has 0 aromatic rings. The molecule has 0 radical (unpaired) electrons. The molecular weight excluding hydrogens is 408 g/mol. The fourth-order valence-corrected chi connectivity index (χ4v) is 4.96. The molecule has 4 aliphatic rings. The second kappa shape index (κ2) is 12.4. The fourth-order valence-electron chi connectivity index (χ4n) is 4.96. The Morgan fingerprint density at radius 1 is 1.00 bits per heavy atom. The second-order valence-corrected chi connectivity index (χ2v) is 9.39. The summed E-state index contributed by atoms with van der Waals surface area (Å²) in [5, 5.41) is 0. The van der Waals surface area contributed by atoms with Crippen LogP contribution in [0.3, 0.4) is 0 Å². The van der Waals surface area contributed by atoms with E-state index < -0.39 is 0 Å². The lowest BCUT2D eigenvalue weighted by Crippen LogP contribution is -2.41. The molecule has 0 N–H and O–H groups in total. The van der Waals surface area contributed by atoms with E-state index in [-0.39, 0.29) is 23.8 Å². The van der Waals surface area contributed by atoms with E-state index in [1.54, 1.807) is 12.2 Å². The average molecular weight is 451 g/mol. The van der Waals surface area contributed by atoms with E-state index in [0.29, 0.717) is 45.6 Å². The van der Waals surface area contributed by atoms with E-state index in [1.807, 2.05) is 0 Å². The lowest BCUT2D eigenvalue weighted by atomic mass is 9.84. The van der Waals surface area contributed by atoms with Crippen molar-refractivity contribution in [2.24, 2.45) is 5.92 Å². The predicted molar refractivity (Wildman–Crippen MR) is 124 cm³/mol. The molecule has 5 unspecified atom stereocenters. The summed E-state index contributed by atoms with van der Waals surface area (Å²) in [7, 11) is 0. The van der Waals surface area contributed by atoms with Crippen LogP contribution in [0.2, 0.25) is 0 Å². The Morgan fingerprint density at radius 3 is 2.34 bits per heavy atom. The van der Waals surface area contributed by atoms with Gasteiger partial charge in [-0.2, -0.15) is 0 Å². The van der Waals surface area contributed by atoms with Crippen molar-refractivity contribution in [1.29, 1.82) is 0 Å². The molecule has 2 aliphatic carbocycles. The van der Waals surface area contributed by atoms with Crippen molar-refractivity contribution >= 4 is 0 Å². The normalized spacial score (nSPS) is 36.6. The van der Waals surface area contributed by atoms with Crippen LogP contribution in [-0.4, -0.2) is 63.4 Å². The van der Waals surface area contributed by atoms with Gasteiger partial charge in [0.15, 0.2) is 11.6 Å². The van der Waals surface area contributed by atoms with Crippen molar-refractivity contribution in [2.75, 3.05) is 39.6 Å². The zero-order valence-electron chi connectivity index (χ0n) is 20.0. The Morgan fingerprint density at radius 2 is 1.69 bits per heavy atom. The Labute approximate surface area is 193 Å². The molecule has 0 amide bonds. The maximum atomic E-state index is 6.07. The molecule has 0 bridgehead atoms. The molecule has 5 atom stereocenters. The van der Waals surface area contributed by atoms with Crippen molar-refractivity contribution in [1.82, 2.24) is 0 Å². The van der Waals surface area contributed by atoms with Gasteiger partial charge in [0.05, 0.1) is 39.6 Å². The van der Waals surface area contributed by atoms with Crippen molar-refractivity contribution in [2.45, 2.75) is 82.6 Å². The number of rotatable bonds is 8. The molecule has 3 fully saturated rings. The summed E-state index contributed by atoms with van der Waals surface area (Å²) in [5.74, 6) is -0.160. The number of ether oxygens (including phenoxy) is 6. The molecule has 182 valence electrons. The van der Waals surface area contributed by atoms with Gasteiger partial charge in [0.1, 0.15) is 12.2 Å². The SMILES string of the molecule is C=CCOCC1COC2(CCC=C(C)C2)O1.C=CCOCC1COC2(CCCCC2C)O1. The minimum atomic E-state index is -0.360. The highest BCUT2D eigenvalue weighted by Crippen LogP contribution is 2.42. The molecule has 6 heteroatoms. The third kappa shape index (κ3) is 6.99. The van der Waals surface area contributed by atoms with Crippen LogP contribution in [0.4, 0.5) is 0 Å². The van der Waals surface area contributed by atoms with Gasteiger partial charge in [0.2, 0.25) is 0 Å². The van der Waals surface area contributed by atoms with E-state index in [9.17, 15) is 0 Å². The van der Waals surface area contributed by atoms with Gasteiger partial charge in [-0.05, 0) is 26.2 Å². The Balaban J connectivity index is 0.000000181. The van der Waals surface area contributed by atoms with Crippen LogP contribution < -0.4 is 0 Å². The molecule has 4 rings (SSSR count). The molecule has 0 aromatic carbocycles. The van der Waals surface area contributed by atoms with Crippen molar-refractivity contribution in [3.05, 3.63) is 37.0 Å². The van der Waals surface area contributed by atoms with Gasteiger partial charge < -0.3 is 28.4 Å². The van der Waals surface area contributed by atoms with Gasteiger partial charge in [-0.1, -0.05) is 37.1 Å². The summed E-state index contributed by atoms with van der Waals surface area (Å²) in [5.41, 5.74) is 1.36. The van der Waals surface area contributed by atoms with Gasteiger partial charge in [0, 0.05) is 25.2 Å². The van der Waals surface area contributed by atoms with Crippen LogP contribution in [0.25, 0.3) is 0 Å². The lowest BCUT2D eigenvalue weighted by molar-refractivity contribution is -0.220. The number of hydrogen-bond acceptors (Lipinski definition) is 6. The molecule has 0 aromatic heterocycles. The van der Waals surface area contributed by atoms with E-state index >= 15 is 0 Å². The molecule has 1 saturated carbocycles. The number of allylic oxidation sites excluding steroid dienone is 1. The van der Waals surface area contributed by atoms with Crippen LogP contribution >= 0.6 is 0 Å². The van der Waals surface area contributed by atoms with Crippen LogP contribution in [0.1, 0.15) is 58.8 Å². The minimum absolute atomic E-state index is 0.0749. The van der Waals surface area contributed by atoms with Crippen LogP contribution in [0.5, 0.6) is 0 Å². The minimum Gasteiger partial charge on any atom is -0.375 e. The molecule has 2 spiro atoms. The largest absolute Gasteiger partial charge is 0.375 e. The first-order valence-electron chi connectivity index (χ1n) is 12.2. The zero-order valence-corrected chi connectivity index (χ0v) is 20.0. The van der Waals surface area contributed by atoms with Crippen LogP contribution in [-0.2, 0) is 28.4 Å². The smallest absolute Gasteiger partial charge is 0.172 e. The first kappa shape index (κ1) is 25.6. The Kier molecular flexibility index (Phi) is 9.96. The van der Waals surface area contributed by atoms with E-state index in [4.69, 9.17) is 28.4 Å². The molecule has 6 nitrogen and oxygen atoms in total. The first-order valence-corrected chi connectivity index (χ1v) is 12.2. The van der Waals surface area contributed by atoms with Gasteiger partial charge in [0.25, 0.3) is 0 Å². The van der Waals surface area contributed by atoms with Crippen LogP contribution in [0, 0.1) is 5.92 Å². The van der Waals surface area contributed by atoms with Crippen molar-refractivity contribution in [3.8, 4) is 0 Å². The monoisotopic (exact) mass is 450 g/mol. The molecule has 2 heterocycles.